The number of halogens is 6. The van der Waals surface area contributed by atoms with E-state index in [9.17, 15) is 27.6 Å². The highest BCUT2D eigenvalue weighted by Gasteiger charge is 2.40. The van der Waals surface area contributed by atoms with E-state index in [1.165, 1.54) is 48.5 Å². The van der Waals surface area contributed by atoms with Gasteiger partial charge in [-0.05, 0) is 60.7 Å². The minimum atomic E-state index is -4.66. The third kappa shape index (κ3) is 5.18. The number of benzene rings is 3. The summed E-state index contributed by atoms with van der Waals surface area (Å²) in [4.78, 5) is 38.4. The molecule has 3 aromatic rings. The van der Waals surface area contributed by atoms with Crippen LogP contribution in [0.4, 0.5) is 24.5 Å². The van der Waals surface area contributed by atoms with Gasteiger partial charge in [0.15, 0.2) is 0 Å². The third-order valence-corrected chi connectivity index (χ3v) is 5.83. The molecule has 0 saturated carbocycles. The number of ether oxygens (including phenoxy) is 1. The molecule has 0 aliphatic carbocycles. The fraction of sp³-hybridized carbons (Fsp3) is 0.0417. The van der Waals surface area contributed by atoms with E-state index in [2.05, 4.69) is 5.32 Å². The highest BCUT2D eigenvalue weighted by atomic mass is 35.5. The van der Waals surface area contributed by atoms with Crippen molar-refractivity contribution in [3.05, 3.63) is 98.6 Å². The van der Waals surface area contributed by atoms with Crippen molar-refractivity contribution in [1.82, 2.24) is 0 Å². The maximum atomic E-state index is 13.1. The van der Waals surface area contributed by atoms with Gasteiger partial charge in [-0.15, -0.1) is 0 Å². The summed E-state index contributed by atoms with van der Waals surface area (Å²) < 4.78 is 44.4. The number of imide groups is 1. The second-order valence-electron chi connectivity index (χ2n) is 7.35. The Hall–Kier alpha value is -3.53. The summed E-state index contributed by atoms with van der Waals surface area (Å²) >= 11 is 17.8. The van der Waals surface area contributed by atoms with Crippen LogP contribution in [0.3, 0.4) is 0 Å². The zero-order chi connectivity index (χ0) is 26.2. The molecule has 6 nitrogen and oxygen atoms in total. The number of rotatable bonds is 5. The standard InChI is InChI=1S/C24H12Cl3F3N2O4/c25-14-6-9-18(17(26)11-14)36-23(35)12-4-7-15(8-5-12)31-20-19(27)21(33)32(22(20)34)16-3-1-2-13(10-16)24(28,29)30/h1-11,31H. The first-order valence-electron chi connectivity index (χ1n) is 9.96. The molecule has 0 atom stereocenters. The Bertz CT molecular complexity index is 1420. The summed E-state index contributed by atoms with van der Waals surface area (Å²) in [5.41, 5.74) is -1.22. The van der Waals surface area contributed by atoms with Crippen LogP contribution in [-0.2, 0) is 15.8 Å². The fourth-order valence-electron chi connectivity index (χ4n) is 3.22. The molecule has 0 bridgehead atoms. The van der Waals surface area contributed by atoms with Crippen LogP contribution in [-0.4, -0.2) is 17.8 Å². The van der Waals surface area contributed by atoms with Crippen molar-refractivity contribution in [3.8, 4) is 5.75 Å². The molecule has 1 N–H and O–H groups in total. The monoisotopic (exact) mass is 554 g/mol. The first-order chi connectivity index (χ1) is 17.0. The van der Waals surface area contributed by atoms with Crippen molar-refractivity contribution in [3.63, 3.8) is 0 Å². The van der Waals surface area contributed by atoms with Gasteiger partial charge in [-0.25, -0.2) is 9.69 Å². The second kappa shape index (κ2) is 9.85. The molecule has 12 heteroatoms. The maximum Gasteiger partial charge on any atom is 0.416 e. The number of nitrogens with zero attached hydrogens (tertiary/aromatic N) is 1. The van der Waals surface area contributed by atoms with E-state index in [1.54, 1.807) is 0 Å². The van der Waals surface area contributed by atoms with E-state index in [0.29, 0.717) is 16.0 Å². The van der Waals surface area contributed by atoms with Gasteiger partial charge in [-0.3, -0.25) is 9.59 Å². The Morgan fingerprint density at radius 3 is 2.22 bits per heavy atom. The summed E-state index contributed by atoms with van der Waals surface area (Å²) in [5.74, 6) is -2.53. The molecule has 0 radical (unpaired) electrons. The van der Waals surface area contributed by atoms with Gasteiger partial charge in [0, 0.05) is 10.7 Å². The molecule has 1 heterocycles. The molecule has 0 fully saturated rings. The molecule has 36 heavy (non-hydrogen) atoms. The van der Waals surface area contributed by atoms with E-state index in [1.807, 2.05) is 0 Å². The highest BCUT2D eigenvalue weighted by molar-refractivity contribution is 6.53. The van der Waals surface area contributed by atoms with Gasteiger partial charge in [-0.1, -0.05) is 40.9 Å². The van der Waals surface area contributed by atoms with Crippen LogP contribution < -0.4 is 15.0 Å². The van der Waals surface area contributed by atoms with Crippen molar-refractivity contribution in [2.75, 3.05) is 10.2 Å². The molecule has 1 aliphatic rings. The molecule has 0 saturated heterocycles. The van der Waals surface area contributed by atoms with Crippen molar-refractivity contribution < 1.29 is 32.3 Å². The number of carbonyl (C=O) groups excluding carboxylic acids is 3. The number of amides is 2. The first kappa shape index (κ1) is 25.6. The highest BCUT2D eigenvalue weighted by Crippen LogP contribution is 2.35. The summed E-state index contributed by atoms with van der Waals surface area (Å²) in [6.07, 6.45) is -4.66. The Morgan fingerprint density at radius 1 is 0.889 bits per heavy atom. The number of hydrogen-bond acceptors (Lipinski definition) is 5. The van der Waals surface area contributed by atoms with E-state index < -0.39 is 34.6 Å². The molecule has 2 amide bonds. The van der Waals surface area contributed by atoms with E-state index in [4.69, 9.17) is 39.5 Å². The van der Waals surface area contributed by atoms with E-state index in [0.717, 1.165) is 12.1 Å². The maximum absolute atomic E-state index is 13.1. The first-order valence-corrected chi connectivity index (χ1v) is 11.1. The molecule has 184 valence electrons. The van der Waals surface area contributed by atoms with Crippen molar-refractivity contribution in [2.45, 2.75) is 6.18 Å². The van der Waals surface area contributed by atoms with Gasteiger partial charge in [0.05, 0.1) is 21.8 Å². The minimum Gasteiger partial charge on any atom is -0.421 e. The topological polar surface area (TPSA) is 75.7 Å². The fourth-order valence-corrected chi connectivity index (χ4v) is 3.88. The van der Waals surface area contributed by atoms with Crippen LogP contribution in [0.25, 0.3) is 0 Å². The average Bonchev–Trinajstić information content (AvgIpc) is 3.04. The number of carbonyl (C=O) groups is 3. The lowest BCUT2D eigenvalue weighted by Crippen LogP contribution is -2.32. The Labute approximate surface area is 216 Å². The molecular formula is C24H12Cl3F3N2O4. The molecule has 1 aliphatic heterocycles. The van der Waals surface area contributed by atoms with Crippen LogP contribution in [0, 0.1) is 0 Å². The van der Waals surface area contributed by atoms with Crippen molar-refractivity contribution >= 4 is 64.0 Å². The van der Waals surface area contributed by atoms with E-state index >= 15 is 0 Å². The van der Waals surface area contributed by atoms with Crippen LogP contribution in [0.2, 0.25) is 10.0 Å². The third-order valence-electron chi connectivity index (χ3n) is 4.95. The normalized spacial score (nSPS) is 13.9. The second-order valence-corrected chi connectivity index (χ2v) is 8.57. The predicted molar refractivity (Wildman–Crippen MR) is 128 cm³/mol. The largest absolute Gasteiger partial charge is 0.421 e. The lowest BCUT2D eigenvalue weighted by molar-refractivity contribution is -0.137. The quantitative estimate of drug-likeness (QED) is 0.216. The number of nitrogens with one attached hydrogen (secondary N) is 1. The smallest absolute Gasteiger partial charge is 0.416 e. The van der Waals surface area contributed by atoms with Gasteiger partial charge in [0.1, 0.15) is 16.5 Å². The summed E-state index contributed by atoms with van der Waals surface area (Å²) in [7, 11) is 0. The molecule has 0 spiro atoms. The minimum absolute atomic E-state index is 0.106. The van der Waals surface area contributed by atoms with Gasteiger partial charge in [0.25, 0.3) is 11.8 Å². The average molecular weight is 556 g/mol. The Balaban J connectivity index is 1.50. The van der Waals surface area contributed by atoms with Gasteiger partial charge < -0.3 is 10.1 Å². The molecule has 0 unspecified atom stereocenters. The lowest BCUT2D eigenvalue weighted by atomic mass is 10.2. The predicted octanol–water partition coefficient (Wildman–Crippen LogP) is 6.67. The van der Waals surface area contributed by atoms with Crippen LogP contribution >= 0.6 is 34.8 Å². The summed E-state index contributed by atoms with van der Waals surface area (Å²) in [5, 5.41) is 2.68. The number of alkyl halides is 3. The lowest BCUT2D eigenvalue weighted by Gasteiger charge is -2.17. The molecule has 3 aromatic carbocycles. The number of esters is 1. The van der Waals surface area contributed by atoms with E-state index in [-0.39, 0.29) is 33.4 Å². The number of hydrogen-bond donors (Lipinski definition) is 1. The van der Waals surface area contributed by atoms with Gasteiger partial charge in [0.2, 0.25) is 0 Å². The van der Waals surface area contributed by atoms with Crippen LogP contribution in [0.15, 0.2) is 77.5 Å². The Kier molecular flexibility index (Phi) is 6.99. The van der Waals surface area contributed by atoms with Crippen molar-refractivity contribution in [1.29, 1.82) is 0 Å². The van der Waals surface area contributed by atoms with Crippen LogP contribution in [0.5, 0.6) is 5.75 Å². The molecular weight excluding hydrogens is 544 g/mol. The zero-order valence-electron chi connectivity index (χ0n) is 17.7. The molecule has 0 aromatic heterocycles. The SMILES string of the molecule is O=C(Oc1ccc(Cl)cc1Cl)c1ccc(NC2=C(Cl)C(=O)N(c3cccc(C(F)(F)F)c3)C2=O)cc1. The summed E-state index contributed by atoms with van der Waals surface area (Å²) in [6, 6.07) is 13.7. The number of anilines is 2. The Morgan fingerprint density at radius 2 is 1.58 bits per heavy atom. The summed E-state index contributed by atoms with van der Waals surface area (Å²) in [6.45, 7) is 0. The molecule has 4 rings (SSSR count). The van der Waals surface area contributed by atoms with Crippen molar-refractivity contribution in [2.24, 2.45) is 0 Å². The van der Waals surface area contributed by atoms with Gasteiger partial charge in [-0.2, -0.15) is 13.2 Å². The zero-order valence-corrected chi connectivity index (χ0v) is 20.0. The van der Waals surface area contributed by atoms with Gasteiger partial charge >= 0.3 is 12.1 Å². The van der Waals surface area contributed by atoms with Crippen LogP contribution in [0.1, 0.15) is 15.9 Å².